The Morgan fingerprint density at radius 1 is 1.38 bits per heavy atom. The summed E-state index contributed by atoms with van der Waals surface area (Å²) in [6, 6.07) is 5.61. The molecule has 0 aliphatic rings. The summed E-state index contributed by atoms with van der Waals surface area (Å²) in [5, 5.41) is 22.2. The summed E-state index contributed by atoms with van der Waals surface area (Å²) in [6.45, 7) is -0.251. The average Bonchev–Trinajstić information content (AvgIpc) is 2.25. The first-order valence-electron chi connectivity index (χ1n) is 4.30. The van der Waals surface area contributed by atoms with E-state index in [0.717, 1.165) is 0 Å². The summed E-state index contributed by atoms with van der Waals surface area (Å²) in [5.74, 6) is 0. The van der Waals surface area contributed by atoms with Crippen LogP contribution in [0, 0.1) is 0 Å². The maximum Gasteiger partial charge on any atom is 0.238 e. The first-order chi connectivity index (χ1) is 7.43. The van der Waals surface area contributed by atoms with Crippen molar-refractivity contribution >= 4 is 15.7 Å². The zero-order chi connectivity index (χ0) is 12.2. The second-order valence-corrected chi connectivity index (χ2v) is 4.59. The van der Waals surface area contributed by atoms with Crippen molar-refractivity contribution < 1.29 is 13.5 Å². The van der Waals surface area contributed by atoms with Gasteiger partial charge in [-0.1, -0.05) is 5.22 Å². The van der Waals surface area contributed by atoms with Crippen LogP contribution in [0.4, 0.5) is 5.69 Å². The molecule has 0 saturated heterocycles. The molecule has 0 saturated carbocycles. The third-order valence-electron chi connectivity index (χ3n) is 1.68. The number of primary sulfonamides is 1. The van der Waals surface area contributed by atoms with Gasteiger partial charge in [-0.3, -0.25) is 5.01 Å². The van der Waals surface area contributed by atoms with E-state index in [1.165, 1.54) is 29.3 Å². The highest BCUT2D eigenvalue weighted by molar-refractivity contribution is 7.89. The molecule has 0 radical (unpaired) electrons. The number of nitrogens with two attached hydrogens (primary N) is 1. The fourth-order valence-corrected chi connectivity index (χ4v) is 1.37. The molecule has 1 aromatic carbocycles. The van der Waals surface area contributed by atoms with Gasteiger partial charge in [0, 0.05) is 7.05 Å². The molecule has 0 heterocycles. The third kappa shape index (κ3) is 3.57. The van der Waals surface area contributed by atoms with Crippen molar-refractivity contribution in [1.82, 2.24) is 5.01 Å². The summed E-state index contributed by atoms with van der Waals surface area (Å²) in [4.78, 5) is 0.0157. The van der Waals surface area contributed by atoms with Crippen LogP contribution in [0.1, 0.15) is 0 Å². The lowest BCUT2D eigenvalue weighted by molar-refractivity contribution is 0.129. The number of rotatable bonds is 4. The van der Waals surface area contributed by atoms with Crippen molar-refractivity contribution in [2.24, 2.45) is 15.5 Å². The highest BCUT2D eigenvalue weighted by Crippen LogP contribution is 2.15. The molecule has 0 fully saturated rings. The van der Waals surface area contributed by atoms with Crippen LogP contribution < -0.4 is 5.14 Å². The lowest BCUT2D eigenvalue weighted by atomic mass is 10.3. The Bertz CT molecular complexity index is 469. The maximum absolute atomic E-state index is 10.9. The van der Waals surface area contributed by atoms with Crippen molar-refractivity contribution in [3.63, 3.8) is 0 Å². The van der Waals surface area contributed by atoms with Crippen LogP contribution in [0.25, 0.3) is 0 Å². The Morgan fingerprint density at radius 3 is 2.38 bits per heavy atom. The van der Waals surface area contributed by atoms with Crippen LogP contribution >= 0.6 is 0 Å². The summed E-state index contributed by atoms with van der Waals surface area (Å²) < 4.78 is 21.9. The van der Waals surface area contributed by atoms with Crippen LogP contribution in [0.15, 0.2) is 39.5 Å². The lowest BCUT2D eigenvalue weighted by Gasteiger charge is -2.04. The third-order valence-corrected chi connectivity index (χ3v) is 2.61. The Kier molecular flexibility index (Phi) is 3.93. The van der Waals surface area contributed by atoms with E-state index in [9.17, 15) is 8.42 Å². The first kappa shape index (κ1) is 12.6. The molecule has 0 spiro atoms. The van der Waals surface area contributed by atoms with E-state index in [1.54, 1.807) is 7.05 Å². The van der Waals surface area contributed by atoms with Crippen molar-refractivity contribution in [2.45, 2.75) is 4.90 Å². The number of sulfonamides is 1. The number of aliphatic hydroxyl groups excluding tert-OH is 1. The Labute approximate surface area is 93.2 Å². The zero-order valence-electron chi connectivity index (χ0n) is 8.61. The molecule has 88 valence electrons. The summed E-state index contributed by atoms with van der Waals surface area (Å²) in [7, 11) is -2.13. The molecule has 1 aromatic rings. The van der Waals surface area contributed by atoms with Gasteiger partial charge in [-0.05, 0) is 24.3 Å². The largest absolute Gasteiger partial charge is 0.375 e. The molecule has 0 aliphatic heterocycles. The van der Waals surface area contributed by atoms with E-state index in [0.29, 0.717) is 5.69 Å². The van der Waals surface area contributed by atoms with Gasteiger partial charge in [0.2, 0.25) is 10.0 Å². The molecule has 0 amide bonds. The molecule has 0 atom stereocenters. The molecule has 0 aliphatic carbocycles. The van der Waals surface area contributed by atoms with Crippen LogP contribution in [0.5, 0.6) is 0 Å². The maximum atomic E-state index is 10.9. The fraction of sp³-hybridized carbons (Fsp3) is 0.250. The SMILES string of the molecule is CN(CO)N=Nc1ccc(S(N)(=O)=O)cc1. The first-order valence-corrected chi connectivity index (χ1v) is 5.84. The normalized spacial score (nSPS) is 11.9. The monoisotopic (exact) mass is 244 g/mol. The minimum absolute atomic E-state index is 0.0157. The van der Waals surface area contributed by atoms with E-state index >= 15 is 0 Å². The van der Waals surface area contributed by atoms with E-state index < -0.39 is 10.0 Å². The quantitative estimate of drug-likeness (QED) is 0.448. The predicted molar refractivity (Wildman–Crippen MR) is 57.2 cm³/mol. The number of benzene rings is 1. The molecule has 1 rings (SSSR count). The molecule has 8 heteroatoms. The second-order valence-electron chi connectivity index (χ2n) is 3.03. The predicted octanol–water partition coefficient (Wildman–Crippen LogP) is 0.214. The average molecular weight is 244 g/mol. The van der Waals surface area contributed by atoms with Gasteiger partial charge in [0.05, 0.1) is 10.6 Å². The Hall–Kier alpha value is -1.51. The number of nitrogens with zero attached hydrogens (tertiary/aromatic N) is 3. The van der Waals surface area contributed by atoms with Crippen LogP contribution in [-0.4, -0.2) is 32.3 Å². The summed E-state index contributed by atoms with van der Waals surface area (Å²) >= 11 is 0. The standard InChI is InChI=1S/C8H12N4O3S/c1-12(6-13)11-10-7-2-4-8(5-3-7)16(9,14)15/h2-5,13H,6H2,1H3,(H2,9,14,15). The van der Waals surface area contributed by atoms with Gasteiger partial charge in [0.1, 0.15) is 6.73 Å². The minimum atomic E-state index is -3.68. The Morgan fingerprint density at radius 2 is 1.94 bits per heavy atom. The molecule has 7 nitrogen and oxygen atoms in total. The zero-order valence-corrected chi connectivity index (χ0v) is 9.42. The molecule has 16 heavy (non-hydrogen) atoms. The number of aliphatic hydroxyl groups is 1. The van der Waals surface area contributed by atoms with Gasteiger partial charge in [0.15, 0.2) is 0 Å². The van der Waals surface area contributed by atoms with Gasteiger partial charge in [-0.25, -0.2) is 13.6 Å². The topological polar surface area (TPSA) is 108 Å². The van der Waals surface area contributed by atoms with Gasteiger partial charge < -0.3 is 5.11 Å². The van der Waals surface area contributed by atoms with Crippen molar-refractivity contribution in [1.29, 1.82) is 0 Å². The summed E-state index contributed by atoms with van der Waals surface area (Å²) in [6.07, 6.45) is 0. The fourth-order valence-electron chi connectivity index (χ4n) is 0.859. The number of hydrogen-bond donors (Lipinski definition) is 2. The van der Waals surface area contributed by atoms with Crippen LogP contribution in [-0.2, 0) is 10.0 Å². The van der Waals surface area contributed by atoms with E-state index in [2.05, 4.69) is 10.3 Å². The van der Waals surface area contributed by atoms with Gasteiger partial charge in [0.25, 0.3) is 0 Å². The van der Waals surface area contributed by atoms with Gasteiger partial charge >= 0.3 is 0 Å². The van der Waals surface area contributed by atoms with Crippen LogP contribution in [0.3, 0.4) is 0 Å². The van der Waals surface area contributed by atoms with Crippen molar-refractivity contribution in [2.75, 3.05) is 13.8 Å². The molecule has 0 bridgehead atoms. The smallest absolute Gasteiger partial charge is 0.238 e. The lowest BCUT2D eigenvalue weighted by Crippen LogP contribution is -2.11. The van der Waals surface area contributed by atoms with Crippen molar-refractivity contribution in [3.05, 3.63) is 24.3 Å². The molecular weight excluding hydrogens is 232 g/mol. The van der Waals surface area contributed by atoms with Crippen LogP contribution in [0.2, 0.25) is 0 Å². The highest BCUT2D eigenvalue weighted by atomic mass is 32.2. The molecular formula is C8H12N4O3S. The molecule has 0 unspecified atom stereocenters. The highest BCUT2D eigenvalue weighted by Gasteiger charge is 2.06. The Balaban J connectivity index is 2.84. The summed E-state index contributed by atoms with van der Waals surface area (Å²) in [5.41, 5.74) is 0.465. The van der Waals surface area contributed by atoms with E-state index in [4.69, 9.17) is 10.2 Å². The van der Waals surface area contributed by atoms with Gasteiger partial charge in [-0.2, -0.15) is 0 Å². The molecule has 0 aromatic heterocycles. The minimum Gasteiger partial charge on any atom is -0.375 e. The molecule has 3 N–H and O–H groups in total. The second kappa shape index (κ2) is 5.01. The van der Waals surface area contributed by atoms with E-state index in [1.807, 2.05) is 0 Å². The van der Waals surface area contributed by atoms with E-state index in [-0.39, 0.29) is 11.6 Å². The number of hydrogen-bond acceptors (Lipinski definition) is 5. The van der Waals surface area contributed by atoms with Gasteiger partial charge in [-0.15, -0.1) is 5.11 Å². The van der Waals surface area contributed by atoms with Crippen molar-refractivity contribution in [3.8, 4) is 0 Å².